The number of nitrogens with two attached hydrogens (primary N) is 1. The van der Waals surface area contributed by atoms with Crippen LogP contribution in [0.4, 0.5) is 4.39 Å². The Bertz CT molecular complexity index is 406. The van der Waals surface area contributed by atoms with Gasteiger partial charge in [-0.1, -0.05) is 31.3 Å². The highest BCUT2D eigenvalue weighted by Gasteiger charge is 2.02. The third-order valence-electron chi connectivity index (χ3n) is 2.29. The highest BCUT2D eigenvalue weighted by Crippen LogP contribution is 2.17. The van der Waals surface area contributed by atoms with Crippen LogP contribution in [0.15, 0.2) is 18.2 Å². The van der Waals surface area contributed by atoms with Crippen molar-refractivity contribution in [1.29, 1.82) is 0 Å². The molecule has 0 aliphatic carbocycles. The maximum atomic E-state index is 13.7. The minimum atomic E-state index is -0.169. The molecule has 0 unspecified atom stereocenters. The lowest BCUT2D eigenvalue weighted by Crippen LogP contribution is -1.94. The standard InChI is InChI=1S/C14H18FNS/c1-2-3-9-17-11-13-7-6-12(5-4-8-16)10-14(13)15/h6-7,10H,2-3,8-9,11,16H2,1H3. The maximum Gasteiger partial charge on any atom is 0.128 e. The molecule has 1 aromatic rings. The lowest BCUT2D eigenvalue weighted by molar-refractivity contribution is 0.617. The molecule has 0 aromatic heterocycles. The van der Waals surface area contributed by atoms with Crippen molar-refractivity contribution in [2.24, 2.45) is 5.73 Å². The smallest absolute Gasteiger partial charge is 0.128 e. The number of rotatable bonds is 5. The fraction of sp³-hybridized carbons (Fsp3) is 0.429. The van der Waals surface area contributed by atoms with Crippen molar-refractivity contribution in [3.63, 3.8) is 0 Å². The molecule has 0 bridgehead atoms. The first-order valence-electron chi connectivity index (χ1n) is 5.83. The quantitative estimate of drug-likeness (QED) is 0.642. The summed E-state index contributed by atoms with van der Waals surface area (Å²) in [4.78, 5) is 0. The minimum absolute atomic E-state index is 0.169. The normalized spacial score (nSPS) is 9.82. The molecule has 0 saturated carbocycles. The average molecular weight is 251 g/mol. The molecule has 0 aliphatic heterocycles. The van der Waals surface area contributed by atoms with Gasteiger partial charge in [-0.25, -0.2) is 4.39 Å². The van der Waals surface area contributed by atoms with Gasteiger partial charge in [0.25, 0.3) is 0 Å². The molecule has 0 saturated heterocycles. The first-order valence-corrected chi connectivity index (χ1v) is 6.98. The van der Waals surface area contributed by atoms with E-state index < -0.39 is 0 Å². The summed E-state index contributed by atoms with van der Waals surface area (Å²) < 4.78 is 13.7. The van der Waals surface area contributed by atoms with Crippen molar-refractivity contribution in [2.75, 3.05) is 12.3 Å². The van der Waals surface area contributed by atoms with Gasteiger partial charge >= 0.3 is 0 Å². The van der Waals surface area contributed by atoms with Crippen LogP contribution in [0.2, 0.25) is 0 Å². The Hall–Kier alpha value is -0.980. The molecule has 1 nitrogen and oxygen atoms in total. The first kappa shape index (κ1) is 14.1. The Morgan fingerprint density at radius 2 is 2.24 bits per heavy atom. The molecule has 17 heavy (non-hydrogen) atoms. The molecule has 92 valence electrons. The molecule has 0 spiro atoms. The van der Waals surface area contributed by atoms with Gasteiger partial charge in [0.1, 0.15) is 5.82 Å². The van der Waals surface area contributed by atoms with Gasteiger partial charge in [0.2, 0.25) is 0 Å². The third-order valence-corrected chi connectivity index (χ3v) is 3.38. The fourth-order valence-electron chi connectivity index (χ4n) is 1.32. The number of unbranched alkanes of at least 4 members (excludes halogenated alkanes) is 1. The van der Waals surface area contributed by atoms with E-state index in [-0.39, 0.29) is 5.82 Å². The number of hydrogen-bond donors (Lipinski definition) is 1. The first-order chi connectivity index (χ1) is 8.27. The summed E-state index contributed by atoms with van der Waals surface area (Å²) in [6.45, 7) is 2.46. The van der Waals surface area contributed by atoms with Gasteiger partial charge < -0.3 is 5.73 Å². The van der Waals surface area contributed by atoms with Gasteiger partial charge in [-0.2, -0.15) is 11.8 Å². The molecule has 0 atom stereocenters. The van der Waals surface area contributed by atoms with Crippen molar-refractivity contribution in [2.45, 2.75) is 25.5 Å². The van der Waals surface area contributed by atoms with E-state index in [4.69, 9.17) is 5.73 Å². The van der Waals surface area contributed by atoms with E-state index in [1.807, 2.05) is 12.1 Å². The summed E-state index contributed by atoms with van der Waals surface area (Å²) in [5.41, 5.74) is 6.71. The van der Waals surface area contributed by atoms with Crippen molar-refractivity contribution in [3.05, 3.63) is 35.1 Å². The number of halogens is 1. The number of hydrogen-bond acceptors (Lipinski definition) is 2. The summed E-state index contributed by atoms with van der Waals surface area (Å²) in [6.07, 6.45) is 2.37. The van der Waals surface area contributed by atoms with E-state index in [0.29, 0.717) is 12.1 Å². The van der Waals surface area contributed by atoms with E-state index in [1.165, 1.54) is 18.9 Å². The lowest BCUT2D eigenvalue weighted by Gasteiger charge is -2.03. The zero-order valence-corrected chi connectivity index (χ0v) is 10.9. The summed E-state index contributed by atoms with van der Waals surface area (Å²) in [5.74, 6) is 7.20. The van der Waals surface area contributed by atoms with E-state index in [2.05, 4.69) is 18.8 Å². The van der Waals surface area contributed by atoms with Gasteiger partial charge in [-0.15, -0.1) is 0 Å². The van der Waals surface area contributed by atoms with Crippen molar-refractivity contribution in [3.8, 4) is 11.8 Å². The molecule has 0 amide bonds. The van der Waals surface area contributed by atoms with Gasteiger partial charge in [-0.3, -0.25) is 0 Å². The van der Waals surface area contributed by atoms with Gasteiger partial charge in [0.05, 0.1) is 6.54 Å². The predicted molar refractivity (Wildman–Crippen MR) is 73.4 cm³/mol. The Balaban J connectivity index is 2.57. The highest BCUT2D eigenvalue weighted by molar-refractivity contribution is 7.98. The summed E-state index contributed by atoms with van der Waals surface area (Å²) in [6, 6.07) is 5.15. The van der Waals surface area contributed by atoms with Crippen molar-refractivity contribution in [1.82, 2.24) is 0 Å². The molecule has 0 fully saturated rings. The summed E-state index contributed by atoms with van der Waals surface area (Å²) in [5, 5.41) is 0. The van der Waals surface area contributed by atoms with Crippen molar-refractivity contribution < 1.29 is 4.39 Å². The molecule has 1 aromatic carbocycles. The third kappa shape index (κ3) is 5.25. The van der Waals surface area contributed by atoms with E-state index in [0.717, 1.165) is 17.1 Å². The number of benzene rings is 1. The van der Waals surface area contributed by atoms with Crippen LogP contribution in [0.25, 0.3) is 0 Å². The second-order valence-electron chi connectivity index (χ2n) is 3.72. The Kier molecular flexibility index (Phi) is 6.76. The van der Waals surface area contributed by atoms with Crippen LogP contribution < -0.4 is 5.73 Å². The predicted octanol–water partition coefficient (Wildman–Crippen LogP) is 3.17. The Morgan fingerprint density at radius 3 is 2.88 bits per heavy atom. The minimum Gasteiger partial charge on any atom is -0.320 e. The largest absolute Gasteiger partial charge is 0.320 e. The molecule has 0 heterocycles. The Morgan fingerprint density at radius 1 is 1.41 bits per heavy atom. The molecule has 2 N–H and O–H groups in total. The lowest BCUT2D eigenvalue weighted by atomic mass is 10.1. The molecule has 0 radical (unpaired) electrons. The summed E-state index contributed by atoms with van der Waals surface area (Å²) in [7, 11) is 0. The summed E-state index contributed by atoms with van der Waals surface area (Å²) >= 11 is 1.77. The van der Waals surface area contributed by atoms with Crippen LogP contribution in [-0.2, 0) is 5.75 Å². The van der Waals surface area contributed by atoms with Crippen LogP contribution >= 0.6 is 11.8 Å². The molecule has 3 heteroatoms. The van der Waals surface area contributed by atoms with Crippen molar-refractivity contribution >= 4 is 11.8 Å². The highest BCUT2D eigenvalue weighted by atomic mass is 32.2. The number of thioether (sulfide) groups is 1. The second-order valence-corrected chi connectivity index (χ2v) is 4.82. The van der Waals surface area contributed by atoms with Crippen LogP contribution in [0, 0.1) is 17.7 Å². The van der Waals surface area contributed by atoms with Crippen LogP contribution in [0.1, 0.15) is 30.9 Å². The monoisotopic (exact) mass is 251 g/mol. The van der Waals surface area contributed by atoms with Crippen LogP contribution in [-0.4, -0.2) is 12.3 Å². The topological polar surface area (TPSA) is 26.0 Å². The Labute approximate surface area is 107 Å². The zero-order valence-electron chi connectivity index (χ0n) is 10.1. The second kappa shape index (κ2) is 8.16. The molecular weight excluding hydrogens is 233 g/mol. The molecule has 1 rings (SSSR count). The van der Waals surface area contributed by atoms with Gasteiger partial charge in [-0.05, 0) is 29.9 Å². The van der Waals surface area contributed by atoms with E-state index in [1.54, 1.807) is 11.8 Å². The van der Waals surface area contributed by atoms with Gasteiger partial charge in [0, 0.05) is 11.3 Å². The van der Waals surface area contributed by atoms with E-state index in [9.17, 15) is 4.39 Å². The molecular formula is C14H18FNS. The van der Waals surface area contributed by atoms with E-state index >= 15 is 0 Å². The molecule has 0 aliphatic rings. The maximum absolute atomic E-state index is 13.7. The van der Waals surface area contributed by atoms with Crippen LogP contribution in [0.3, 0.4) is 0 Å². The average Bonchev–Trinajstić information content (AvgIpc) is 2.34. The SMILES string of the molecule is CCCCSCc1ccc(C#CCN)cc1F. The van der Waals surface area contributed by atoms with Crippen LogP contribution in [0.5, 0.6) is 0 Å². The fourth-order valence-corrected chi connectivity index (χ4v) is 2.41. The van der Waals surface area contributed by atoms with Gasteiger partial charge in [0.15, 0.2) is 0 Å². The zero-order chi connectivity index (χ0) is 12.5.